The Morgan fingerprint density at radius 3 is 0.630 bits per heavy atom. The van der Waals surface area contributed by atoms with Crippen LogP contribution in [0.1, 0.15) is 22.3 Å². The molecule has 10 heterocycles. The van der Waals surface area contributed by atoms with E-state index in [1.165, 1.54) is 0 Å². The molecule has 0 aliphatic heterocycles. The molecule has 0 radical (unpaired) electrons. The van der Waals surface area contributed by atoms with E-state index in [9.17, 15) is 0 Å². The first-order valence-corrected chi connectivity index (χ1v) is 30.0. The highest BCUT2D eigenvalue weighted by molar-refractivity contribution is 5.79. The largest absolute Gasteiger partial charge is 0.489 e. The maximum absolute atomic E-state index is 6.35. The fourth-order valence-electron chi connectivity index (χ4n) is 10.3. The van der Waals surface area contributed by atoms with Crippen molar-refractivity contribution >= 4 is 0 Å². The number of hydrogen-bond donors (Lipinski definition) is 0. The molecule has 0 saturated carbocycles. The van der Waals surface area contributed by atoms with Gasteiger partial charge in [-0.25, -0.2) is 19.9 Å². The van der Waals surface area contributed by atoms with Gasteiger partial charge >= 0.3 is 0 Å². The van der Waals surface area contributed by atoms with Crippen LogP contribution < -0.4 is 18.9 Å². The molecule has 14 heteroatoms. The average Bonchev–Trinajstić information content (AvgIpc) is 0.983. The van der Waals surface area contributed by atoms with E-state index in [0.717, 1.165) is 90.2 Å². The van der Waals surface area contributed by atoms with E-state index in [1.807, 2.05) is 158 Å². The summed E-state index contributed by atoms with van der Waals surface area (Å²) in [5, 5.41) is 0. The van der Waals surface area contributed by atoms with Gasteiger partial charge in [-0.15, -0.1) is 0 Å². The van der Waals surface area contributed by atoms with Crippen molar-refractivity contribution in [2.24, 2.45) is 0 Å². The molecule has 0 aliphatic rings. The predicted molar refractivity (Wildman–Crippen MR) is 356 cm³/mol. The molecule has 442 valence electrons. The minimum Gasteiger partial charge on any atom is -0.489 e. The van der Waals surface area contributed by atoms with Crippen molar-refractivity contribution in [3.05, 3.63) is 314 Å². The lowest BCUT2D eigenvalue weighted by atomic mass is 10.00. The molecule has 0 unspecified atom stereocenters. The monoisotopic (exact) mass is 1200 g/mol. The summed E-state index contributed by atoms with van der Waals surface area (Å²) in [6, 6.07) is 83.4. The fraction of sp³-hybridized carbons (Fsp3) is 0.0513. The highest BCUT2D eigenvalue weighted by Crippen LogP contribution is 2.36. The highest BCUT2D eigenvalue weighted by atomic mass is 16.5. The number of rotatable bonds is 21. The first-order chi connectivity index (χ1) is 45.5. The summed E-state index contributed by atoms with van der Waals surface area (Å²) in [4.78, 5) is 47.6. The Hall–Kier alpha value is -12.4. The quantitative estimate of drug-likeness (QED) is 0.0667. The molecular weight excluding hydrogens is 1140 g/mol. The minimum atomic E-state index is 0.365. The summed E-state index contributed by atoms with van der Waals surface area (Å²) in [6.45, 7) is 1.50. The van der Waals surface area contributed by atoms with Crippen LogP contribution in [-0.2, 0) is 26.4 Å². The molecule has 0 spiro atoms. The zero-order chi connectivity index (χ0) is 61.7. The van der Waals surface area contributed by atoms with Crippen LogP contribution in [0.4, 0.5) is 0 Å². The molecule has 0 amide bonds. The van der Waals surface area contributed by atoms with Crippen LogP contribution in [0.3, 0.4) is 0 Å². The number of pyridine rings is 10. The Morgan fingerprint density at radius 1 is 0.185 bits per heavy atom. The number of hydrogen-bond acceptors (Lipinski definition) is 14. The Kier molecular flexibility index (Phi) is 17.0. The topological polar surface area (TPSA) is 166 Å². The van der Waals surface area contributed by atoms with E-state index in [2.05, 4.69) is 117 Å². The van der Waals surface area contributed by atoms with E-state index >= 15 is 0 Å². The van der Waals surface area contributed by atoms with Crippen LogP contribution in [-0.4, -0.2) is 49.8 Å². The van der Waals surface area contributed by atoms with Crippen molar-refractivity contribution < 1.29 is 18.9 Å². The van der Waals surface area contributed by atoms with Gasteiger partial charge in [0.05, 0.1) is 79.7 Å². The fourth-order valence-corrected chi connectivity index (χ4v) is 10.3. The Balaban J connectivity index is 0.648. The van der Waals surface area contributed by atoms with Crippen molar-refractivity contribution in [2.45, 2.75) is 26.4 Å². The molecule has 0 fully saturated rings. The Labute approximate surface area is 531 Å². The van der Waals surface area contributed by atoms with Crippen molar-refractivity contribution in [3.63, 3.8) is 0 Å². The standard InChI is InChI=1S/C78H56N10O4/c1-7-35-79-65(13-1)71-41-59(57-27-31-61(32-28-57)89-49-53-19-23-55(24-20-53)51-91-63-45-75(67-15-3-9-37-81-67)87-76(46-63)68-16-4-10-38-82-68)43-73(85-71)74-44-60(42-72(86-74)66-14-2-8-36-80-66)58-29-33-62(34-30-58)90-50-54-21-25-56(26-22-54)52-92-64-47-77(69-17-5-11-39-83-69)88-78(48-64)70-18-6-12-40-84-70/h1-48H,49-52H2. The molecular formula is C78H56N10O4. The zero-order valence-corrected chi connectivity index (χ0v) is 49.6. The first-order valence-electron chi connectivity index (χ1n) is 30.0. The van der Waals surface area contributed by atoms with Gasteiger partial charge in [0.2, 0.25) is 0 Å². The minimum absolute atomic E-state index is 0.365. The van der Waals surface area contributed by atoms with Crippen molar-refractivity contribution in [1.29, 1.82) is 0 Å². The van der Waals surface area contributed by atoms with E-state index in [-0.39, 0.29) is 0 Å². The van der Waals surface area contributed by atoms with Gasteiger partial charge in [0.1, 0.15) is 49.4 Å². The second-order valence-corrected chi connectivity index (χ2v) is 21.5. The van der Waals surface area contributed by atoms with Crippen LogP contribution in [0.2, 0.25) is 0 Å². The lowest BCUT2D eigenvalue weighted by molar-refractivity contribution is 0.302. The van der Waals surface area contributed by atoms with Gasteiger partial charge in [0, 0.05) is 61.4 Å². The van der Waals surface area contributed by atoms with E-state index in [1.54, 1.807) is 37.2 Å². The van der Waals surface area contributed by atoms with Gasteiger partial charge in [0.25, 0.3) is 0 Å². The van der Waals surface area contributed by atoms with Gasteiger partial charge in [0.15, 0.2) is 0 Å². The van der Waals surface area contributed by atoms with E-state index in [4.69, 9.17) is 48.9 Å². The predicted octanol–water partition coefficient (Wildman–Crippen LogP) is 17.0. The first kappa shape index (κ1) is 57.3. The molecule has 4 aromatic carbocycles. The number of aromatic nitrogens is 10. The third-order valence-corrected chi connectivity index (χ3v) is 15.1. The van der Waals surface area contributed by atoms with Crippen LogP contribution >= 0.6 is 0 Å². The zero-order valence-electron chi connectivity index (χ0n) is 49.6. The molecule has 0 saturated heterocycles. The van der Waals surface area contributed by atoms with Gasteiger partial charge < -0.3 is 18.9 Å². The number of ether oxygens (including phenoxy) is 4. The molecule has 0 aliphatic carbocycles. The lowest BCUT2D eigenvalue weighted by Gasteiger charge is -2.13. The molecule has 10 aromatic heterocycles. The molecule has 0 bridgehead atoms. The van der Waals surface area contributed by atoms with Crippen molar-refractivity contribution in [3.8, 4) is 125 Å². The second-order valence-electron chi connectivity index (χ2n) is 21.5. The molecule has 0 atom stereocenters. The lowest BCUT2D eigenvalue weighted by Crippen LogP contribution is -2.00. The van der Waals surface area contributed by atoms with E-state index < -0.39 is 0 Å². The van der Waals surface area contributed by atoms with Gasteiger partial charge in [-0.1, -0.05) is 109 Å². The smallest absolute Gasteiger partial charge is 0.124 e. The molecule has 0 N–H and O–H groups in total. The average molecular weight is 1200 g/mol. The molecule has 14 nitrogen and oxygen atoms in total. The Morgan fingerprint density at radius 2 is 0.402 bits per heavy atom. The second kappa shape index (κ2) is 27.3. The van der Waals surface area contributed by atoms with Crippen LogP contribution in [0, 0.1) is 0 Å². The van der Waals surface area contributed by atoms with Gasteiger partial charge in [-0.2, -0.15) is 0 Å². The molecule has 14 rings (SSSR count). The SMILES string of the molecule is c1ccc(-c2cc(OCc3ccc(COc4ccc(-c5cc(-c6ccccn6)nc(-c6cc(-c7ccc(OCc8ccc(COc9cc(-c%10ccccn%10)nc(-c%10ccccn%10)c9)cc8)cc7)cc(-c7ccccn7)n6)c5)cc4)cc3)cc(-c3ccccn3)n2)nc1. The maximum atomic E-state index is 6.35. The van der Waals surface area contributed by atoms with Crippen molar-refractivity contribution in [1.82, 2.24) is 49.8 Å². The van der Waals surface area contributed by atoms with Gasteiger partial charge in [-0.05, 0) is 166 Å². The van der Waals surface area contributed by atoms with E-state index in [0.29, 0.717) is 83.5 Å². The Bertz CT molecular complexity index is 4330. The number of nitrogens with zero attached hydrogens (tertiary/aromatic N) is 10. The third-order valence-electron chi connectivity index (χ3n) is 15.1. The summed E-state index contributed by atoms with van der Waals surface area (Å²) in [7, 11) is 0. The summed E-state index contributed by atoms with van der Waals surface area (Å²) in [5.41, 5.74) is 18.0. The summed E-state index contributed by atoms with van der Waals surface area (Å²) < 4.78 is 25.4. The van der Waals surface area contributed by atoms with Crippen LogP contribution in [0.5, 0.6) is 23.0 Å². The third kappa shape index (κ3) is 14.1. The van der Waals surface area contributed by atoms with Crippen LogP contribution in [0.25, 0.3) is 102 Å². The molecule has 92 heavy (non-hydrogen) atoms. The number of benzene rings is 4. The molecule has 14 aromatic rings. The van der Waals surface area contributed by atoms with Crippen LogP contribution in [0.15, 0.2) is 292 Å². The summed E-state index contributed by atoms with van der Waals surface area (Å²) in [5.74, 6) is 2.83. The summed E-state index contributed by atoms with van der Waals surface area (Å²) in [6.07, 6.45) is 10.6. The van der Waals surface area contributed by atoms with Gasteiger partial charge in [-0.3, -0.25) is 29.9 Å². The normalized spacial score (nSPS) is 11.0. The summed E-state index contributed by atoms with van der Waals surface area (Å²) >= 11 is 0. The maximum Gasteiger partial charge on any atom is 0.124 e. The highest BCUT2D eigenvalue weighted by Gasteiger charge is 2.17. The van der Waals surface area contributed by atoms with Crippen molar-refractivity contribution in [2.75, 3.05) is 0 Å².